The normalized spacial score (nSPS) is 18.3. The molecule has 1 aliphatic rings. The second-order valence-electron chi connectivity index (χ2n) is 2.39. The summed E-state index contributed by atoms with van der Waals surface area (Å²) in [6.07, 6.45) is 0. The van der Waals surface area contributed by atoms with Gasteiger partial charge in [0.1, 0.15) is 13.1 Å². The predicted octanol–water partition coefficient (Wildman–Crippen LogP) is -3.00. The van der Waals surface area contributed by atoms with Crippen LogP contribution in [-0.2, 0) is 0 Å². The maximum absolute atomic E-state index is 2.26. The topological polar surface area (TPSA) is 6.25 Å². The lowest BCUT2D eigenvalue weighted by molar-refractivity contribution is -0.487. The molecule has 9 heavy (non-hydrogen) atoms. The summed E-state index contributed by atoms with van der Waals surface area (Å²) in [7, 11) is 4.25. The zero-order valence-electron chi connectivity index (χ0n) is 6.19. The van der Waals surface area contributed by atoms with Crippen LogP contribution >= 0.6 is 0 Å². The molecular weight excluding hydrogens is 227 g/mol. The highest BCUT2D eigenvalue weighted by Crippen LogP contribution is 1.93. The van der Waals surface area contributed by atoms with Crippen LogP contribution in [0.25, 0.3) is 0 Å². The Kier molecular flexibility index (Phi) is 3.46. The predicted molar refractivity (Wildman–Crippen MR) is 34.4 cm³/mol. The summed E-state index contributed by atoms with van der Waals surface area (Å²) in [6, 6.07) is 0. The van der Waals surface area contributed by atoms with Gasteiger partial charge >= 0.3 is 0 Å². The molecule has 0 saturated heterocycles. The van der Waals surface area contributed by atoms with Crippen molar-refractivity contribution in [2.24, 2.45) is 0 Å². The minimum Gasteiger partial charge on any atom is -1.00 e. The SMILES string of the molecule is CC1=[N+](C)CCN1C.[I-]. The van der Waals surface area contributed by atoms with E-state index in [0.29, 0.717) is 0 Å². The van der Waals surface area contributed by atoms with Crippen molar-refractivity contribution in [2.75, 3.05) is 27.2 Å². The highest BCUT2D eigenvalue weighted by Gasteiger charge is 2.18. The first-order valence-electron chi connectivity index (χ1n) is 2.97. The van der Waals surface area contributed by atoms with E-state index in [-0.39, 0.29) is 24.0 Å². The molecule has 1 heterocycles. The maximum atomic E-state index is 2.26. The molecule has 0 aromatic rings. The lowest BCUT2D eigenvalue weighted by atomic mass is 10.6. The summed E-state index contributed by atoms with van der Waals surface area (Å²) in [5.41, 5.74) is 0. The second kappa shape index (κ2) is 3.39. The number of hydrogen-bond acceptors (Lipinski definition) is 1. The van der Waals surface area contributed by atoms with Crippen LogP contribution in [0.15, 0.2) is 0 Å². The van der Waals surface area contributed by atoms with Crippen LogP contribution in [0.1, 0.15) is 6.92 Å². The number of rotatable bonds is 0. The van der Waals surface area contributed by atoms with Crippen molar-refractivity contribution in [1.29, 1.82) is 0 Å². The van der Waals surface area contributed by atoms with Gasteiger partial charge in [-0.25, -0.2) is 0 Å². The van der Waals surface area contributed by atoms with Crippen molar-refractivity contribution in [3.63, 3.8) is 0 Å². The van der Waals surface area contributed by atoms with Crippen LogP contribution in [0.2, 0.25) is 0 Å². The Labute approximate surface area is 73.6 Å². The molecule has 0 fully saturated rings. The van der Waals surface area contributed by atoms with E-state index in [9.17, 15) is 0 Å². The lowest BCUT2D eigenvalue weighted by Gasteiger charge is -1.98. The first kappa shape index (κ1) is 9.20. The van der Waals surface area contributed by atoms with E-state index in [1.54, 1.807) is 0 Å². The fourth-order valence-corrected chi connectivity index (χ4v) is 0.915. The molecule has 0 spiro atoms. The van der Waals surface area contributed by atoms with Crippen LogP contribution in [0, 0.1) is 0 Å². The Bertz CT molecular complexity index is 131. The summed E-state index contributed by atoms with van der Waals surface area (Å²) in [4.78, 5) is 2.26. The van der Waals surface area contributed by atoms with Crippen LogP contribution in [0.3, 0.4) is 0 Å². The Morgan fingerprint density at radius 3 is 2.22 bits per heavy atom. The molecule has 0 atom stereocenters. The molecule has 0 unspecified atom stereocenters. The number of halogens is 1. The third-order valence-electron chi connectivity index (χ3n) is 1.88. The first-order valence-corrected chi connectivity index (χ1v) is 2.97. The number of nitrogens with zero attached hydrogens (tertiary/aromatic N) is 2. The van der Waals surface area contributed by atoms with Gasteiger partial charge in [-0.15, -0.1) is 0 Å². The zero-order chi connectivity index (χ0) is 6.15. The molecule has 1 rings (SSSR count). The third-order valence-corrected chi connectivity index (χ3v) is 1.88. The molecule has 0 saturated carbocycles. The van der Waals surface area contributed by atoms with Gasteiger partial charge in [0.2, 0.25) is 5.84 Å². The molecular formula is C6H13IN2. The lowest BCUT2D eigenvalue weighted by Crippen LogP contribution is -3.00. The molecule has 2 nitrogen and oxygen atoms in total. The summed E-state index contributed by atoms with van der Waals surface area (Å²) >= 11 is 0. The van der Waals surface area contributed by atoms with Gasteiger partial charge < -0.3 is 24.0 Å². The van der Waals surface area contributed by atoms with Crippen molar-refractivity contribution in [1.82, 2.24) is 4.90 Å². The summed E-state index contributed by atoms with van der Waals surface area (Å²) < 4.78 is 2.26. The van der Waals surface area contributed by atoms with Gasteiger partial charge in [0.05, 0.1) is 14.1 Å². The minimum atomic E-state index is 0. The van der Waals surface area contributed by atoms with Gasteiger partial charge in [-0.05, 0) is 0 Å². The van der Waals surface area contributed by atoms with Crippen LogP contribution in [0.4, 0.5) is 0 Å². The average molecular weight is 240 g/mol. The van der Waals surface area contributed by atoms with E-state index in [1.165, 1.54) is 18.9 Å². The molecule has 0 amide bonds. The Hall–Kier alpha value is 0.200. The van der Waals surface area contributed by atoms with Crippen molar-refractivity contribution < 1.29 is 28.6 Å². The van der Waals surface area contributed by atoms with Crippen LogP contribution in [-0.4, -0.2) is 42.5 Å². The van der Waals surface area contributed by atoms with E-state index in [1.807, 2.05) is 0 Å². The van der Waals surface area contributed by atoms with Crippen molar-refractivity contribution in [2.45, 2.75) is 6.92 Å². The van der Waals surface area contributed by atoms with Gasteiger partial charge in [0.25, 0.3) is 0 Å². The highest BCUT2D eigenvalue weighted by atomic mass is 127. The Balaban J connectivity index is 0.000000640. The largest absolute Gasteiger partial charge is 1.00 e. The Morgan fingerprint density at radius 2 is 2.11 bits per heavy atom. The molecule has 0 aliphatic carbocycles. The number of hydrogen-bond donors (Lipinski definition) is 0. The molecule has 0 aromatic carbocycles. The minimum absolute atomic E-state index is 0. The third kappa shape index (κ3) is 1.81. The maximum Gasteiger partial charge on any atom is 0.243 e. The molecule has 0 radical (unpaired) electrons. The smallest absolute Gasteiger partial charge is 0.243 e. The van der Waals surface area contributed by atoms with Gasteiger partial charge in [0.15, 0.2) is 0 Å². The quantitative estimate of drug-likeness (QED) is 0.323. The second-order valence-corrected chi connectivity index (χ2v) is 2.39. The van der Waals surface area contributed by atoms with Crippen LogP contribution < -0.4 is 24.0 Å². The summed E-state index contributed by atoms with van der Waals surface area (Å²) in [6.45, 7) is 4.51. The van der Waals surface area contributed by atoms with E-state index in [2.05, 4.69) is 30.5 Å². The van der Waals surface area contributed by atoms with Gasteiger partial charge in [-0.1, -0.05) is 0 Å². The van der Waals surface area contributed by atoms with Crippen LogP contribution in [0.5, 0.6) is 0 Å². The molecule has 54 valence electrons. The number of amidine groups is 1. The summed E-state index contributed by atoms with van der Waals surface area (Å²) in [5.74, 6) is 1.38. The monoisotopic (exact) mass is 240 g/mol. The molecule has 3 heteroatoms. The van der Waals surface area contributed by atoms with Crippen molar-refractivity contribution >= 4 is 5.84 Å². The Morgan fingerprint density at radius 1 is 1.56 bits per heavy atom. The standard InChI is InChI=1S/C6H13N2.HI/c1-6-7(2)4-5-8(6)3;/h4-5H2,1-3H3;1H/q+1;/p-1. The molecule has 1 aliphatic heterocycles. The van der Waals surface area contributed by atoms with E-state index in [4.69, 9.17) is 0 Å². The fraction of sp³-hybridized carbons (Fsp3) is 0.833. The summed E-state index contributed by atoms with van der Waals surface area (Å²) in [5, 5.41) is 0. The van der Waals surface area contributed by atoms with E-state index in [0.717, 1.165) is 0 Å². The van der Waals surface area contributed by atoms with Gasteiger partial charge in [0, 0.05) is 6.92 Å². The first-order chi connectivity index (χ1) is 3.72. The molecule has 0 N–H and O–H groups in total. The highest BCUT2D eigenvalue weighted by molar-refractivity contribution is 5.75. The van der Waals surface area contributed by atoms with E-state index >= 15 is 0 Å². The average Bonchev–Trinajstić information content (AvgIpc) is 1.98. The zero-order valence-corrected chi connectivity index (χ0v) is 8.34. The molecule has 0 bridgehead atoms. The van der Waals surface area contributed by atoms with Gasteiger partial charge in [-0.2, -0.15) is 0 Å². The van der Waals surface area contributed by atoms with Crippen molar-refractivity contribution in [3.8, 4) is 0 Å². The van der Waals surface area contributed by atoms with E-state index < -0.39 is 0 Å². The number of likely N-dealkylation sites (N-methyl/N-ethyl adjacent to an activating group) is 2. The van der Waals surface area contributed by atoms with Crippen molar-refractivity contribution in [3.05, 3.63) is 0 Å². The fourth-order valence-electron chi connectivity index (χ4n) is 0.915. The van der Waals surface area contributed by atoms with Gasteiger partial charge in [-0.3, -0.25) is 9.48 Å². The molecule has 0 aromatic heterocycles.